The predicted molar refractivity (Wildman–Crippen MR) is 95.2 cm³/mol. The summed E-state index contributed by atoms with van der Waals surface area (Å²) < 4.78 is 13.2. The Morgan fingerprint density at radius 2 is 2.09 bits per heavy atom. The monoisotopic (exact) mass is 335 g/mol. The van der Waals surface area contributed by atoms with E-state index < -0.39 is 0 Å². The Morgan fingerprint density at radius 3 is 2.87 bits per heavy atom. The van der Waals surface area contributed by atoms with E-state index in [0.717, 1.165) is 62.9 Å². The van der Waals surface area contributed by atoms with Gasteiger partial charge in [0.05, 0.1) is 36.1 Å². The summed E-state index contributed by atoms with van der Waals surface area (Å²) in [5.41, 5.74) is 2.18. The van der Waals surface area contributed by atoms with E-state index in [1.165, 1.54) is 0 Å². The van der Waals surface area contributed by atoms with Crippen LogP contribution in [0.4, 0.5) is 0 Å². The minimum Gasteiger partial charge on any atom is -0.380 e. The summed E-state index contributed by atoms with van der Waals surface area (Å²) in [6, 6.07) is 8.26. The summed E-state index contributed by atoms with van der Waals surface area (Å²) in [5.74, 6) is 1.03. The summed E-state index contributed by atoms with van der Waals surface area (Å²) in [4.78, 5) is 7.23. The van der Waals surface area contributed by atoms with Gasteiger partial charge >= 0.3 is 0 Å². The molecular weight excluding hydrogens is 310 g/mol. The number of rotatable bonds is 7. The highest BCUT2D eigenvalue weighted by Crippen LogP contribution is 2.25. The maximum Gasteiger partial charge on any atom is 0.124 e. The van der Waals surface area contributed by atoms with Gasteiger partial charge in [0.2, 0.25) is 0 Å². The number of hydrogen-bond acceptors (Lipinski definition) is 5. The number of nitrogens with zero attached hydrogens (tertiary/aromatic N) is 3. The molecule has 0 amide bonds. The SMILES string of the molecule is CCOCCn1c(C(S)CN2CCOCC2)nc2ccccc21. The minimum atomic E-state index is 0.0853. The van der Waals surface area contributed by atoms with Crippen LogP contribution >= 0.6 is 12.6 Å². The largest absolute Gasteiger partial charge is 0.380 e. The van der Waals surface area contributed by atoms with Crippen LogP contribution in [0.5, 0.6) is 0 Å². The number of hydrogen-bond donors (Lipinski definition) is 1. The number of thiol groups is 1. The highest BCUT2D eigenvalue weighted by Gasteiger charge is 2.21. The molecule has 1 unspecified atom stereocenters. The molecule has 3 rings (SSSR count). The first-order valence-corrected chi connectivity index (χ1v) is 8.82. The van der Waals surface area contributed by atoms with Gasteiger partial charge in [-0.15, -0.1) is 0 Å². The zero-order chi connectivity index (χ0) is 16.1. The number of fused-ring (bicyclic) bond motifs is 1. The number of para-hydroxylation sites is 2. The smallest absolute Gasteiger partial charge is 0.124 e. The molecule has 1 aliphatic heterocycles. The van der Waals surface area contributed by atoms with Gasteiger partial charge in [-0.25, -0.2) is 4.98 Å². The minimum absolute atomic E-state index is 0.0853. The third kappa shape index (κ3) is 4.07. The van der Waals surface area contributed by atoms with Crippen molar-refractivity contribution < 1.29 is 9.47 Å². The average molecular weight is 335 g/mol. The molecule has 0 bridgehead atoms. The first-order chi connectivity index (χ1) is 11.3. The Kier molecular flexibility index (Phi) is 5.94. The average Bonchev–Trinajstić information content (AvgIpc) is 2.95. The molecule has 1 atom stereocenters. The van der Waals surface area contributed by atoms with Crippen LogP contribution in [-0.4, -0.2) is 60.5 Å². The van der Waals surface area contributed by atoms with Gasteiger partial charge in [-0.2, -0.15) is 12.6 Å². The lowest BCUT2D eigenvalue weighted by Gasteiger charge is -2.28. The van der Waals surface area contributed by atoms with Crippen molar-refractivity contribution in [3.8, 4) is 0 Å². The number of morpholine rings is 1. The van der Waals surface area contributed by atoms with Gasteiger partial charge in [-0.1, -0.05) is 12.1 Å². The zero-order valence-corrected chi connectivity index (χ0v) is 14.5. The van der Waals surface area contributed by atoms with Crippen LogP contribution in [0.25, 0.3) is 11.0 Å². The molecule has 0 aliphatic carbocycles. The molecule has 1 fully saturated rings. The van der Waals surface area contributed by atoms with Gasteiger partial charge in [0.15, 0.2) is 0 Å². The topological polar surface area (TPSA) is 39.5 Å². The van der Waals surface area contributed by atoms with Crippen molar-refractivity contribution in [3.05, 3.63) is 30.1 Å². The van der Waals surface area contributed by atoms with Crippen molar-refractivity contribution in [3.63, 3.8) is 0 Å². The molecule has 23 heavy (non-hydrogen) atoms. The molecule has 126 valence electrons. The Bertz CT molecular complexity index is 625. The van der Waals surface area contributed by atoms with E-state index in [1.54, 1.807) is 0 Å². The molecule has 0 N–H and O–H groups in total. The Morgan fingerprint density at radius 1 is 1.30 bits per heavy atom. The molecule has 0 radical (unpaired) electrons. The van der Waals surface area contributed by atoms with Crippen molar-refractivity contribution >= 4 is 23.7 Å². The highest BCUT2D eigenvalue weighted by atomic mass is 32.1. The van der Waals surface area contributed by atoms with Crippen LogP contribution in [0.15, 0.2) is 24.3 Å². The van der Waals surface area contributed by atoms with Gasteiger partial charge < -0.3 is 14.0 Å². The van der Waals surface area contributed by atoms with Crippen LogP contribution in [-0.2, 0) is 16.0 Å². The van der Waals surface area contributed by atoms with Crippen LogP contribution in [0.1, 0.15) is 18.0 Å². The fourth-order valence-corrected chi connectivity index (χ4v) is 3.42. The molecule has 5 nitrogen and oxygen atoms in total. The first-order valence-electron chi connectivity index (χ1n) is 8.30. The molecule has 6 heteroatoms. The molecule has 0 saturated carbocycles. The summed E-state index contributed by atoms with van der Waals surface area (Å²) in [7, 11) is 0. The predicted octanol–water partition coefficient (Wildman–Crippen LogP) is 2.38. The molecule has 2 aromatic rings. The Hall–Kier alpha value is -1.08. The van der Waals surface area contributed by atoms with Crippen molar-refractivity contribution in [2.24, 2.45) is 0 Å². The number of ether oxygens (including phenoxy) is 2. The maximum atomic E-state index is 5.54. The molecule has 1 aromatic heterocycles. The van der Waals surface area contributed by atoms with Crippen LogP contribution in [0.3, 0.4) is 0 Å². The maximum absolute atomic E-state index is 5.54. The molecular formula is C17H25N3O2S. The van der Waals surface area contributed by atoms with E-state index in [4.69, 9.17) is 27.1 Å². The molecule has 1 saturated heterocycles. The standard InChI is InChI=1S/C17H25N3O2S/c1-2-21-12-9-20-15-6-4-3-5-14(15)18-17(20)16(23)13-19-7-10-22-11-8-19/h3-6,16,23H,2,7-13H2,1H3. The number of imidazole rings is 1. The van der Waals surface area contributed by atoms with Crippen molar-refractivity contribution in [2.45, 2.75) is 18.7 Å². The normalized spacial score (nSPS) is 17.7. The first kappa shape index (κ1) is 16.8. The van der Waals surface area contributed by atoms with E-state index in [2.05, 4.69) is 27.7 Å². The lowest BCUT2D eigenvalue weighted by molar-refractivity contribution is 0.0378. The van der Waals surface area contributed by atoms with Crippen LogP contribution < -0.4 is 0 Å². The zero-order valence-electron chi connectivity index (χ0n) is 13.6. The van der Waals surface area contributed by atoms with Gasteiger partial charge in [-0.3, -0.25) is 4.90 Å². The van der Waals surface area contributed by atoms with Crippen molar-refractivity contribution in [1.82, 2.24) is 14.5 Å². The quantitative estimate of drug-likeness (QED) is 0.623. The third-order valence-corrected chi connectivity index (χ3v) is 4.57. The van der Waals surface area contributed by atoms with Crippen molar-refractivity contribution in [1.29, 1.82) is 0 Å². The summed E-state index contributed by atoms with van der Waals surface area (Å²) >= 11 is 4.85. The fraction of sp³-hybridized carbons (Fsp3) is 0.588. The van der Waals surface area contributed by atoms with Gasteiger partial charge in [0.1, 0.15) is 5.82 Å². The summed E-state index contributed by atoms with van der Waals surface area (Å²) in [5, 5.41) is 0.0853. The molecule has 2 heterocycles. The van der Waals surface area contributed by atoms with E-state index >= 15 is 0 Å². The van der Waals surface area contributed by atoms with Crippen molar-refractivity contribution in [2.75, 3.05) is 46.1 Å². The van der Waals surface area contributed by atoms with E-state index in [-0.39, 0.29) is 5.25 Å². The lowest BCUT2D eigenvalue weighted by Crippen LogP contribution is -2.38. The van der Waals surface area contributed by atoms with Crippen LogP contribution in [0, 0.1) is 0 Å². The summed E-state index contributed by atoms with van der Waals surface area (Å²) in [6.45, 7) is 8.71. The van der Waals surface area contributed by atoms with Gasteiger partial charge in [0.25, 0.3) is 0 Å². The highest BCUT2D eigenvalue weighted by molar-refractivity contribution is 7.80. The van der Waals surface area contributed by atoms with Gasteiger partial charge in [-0.05, 0) is 19.1 Å². The van der Waals surface area contributed by atoms with E-state index in [0.29, 0.717) is 6.61 Å². The summed E-state index contributed by atoms with van der Waals surface area (Å²) in [6.07, 6.45) is 0. The fourth-order valence-electron chi connectivity index (χ4n) is 2.99. The molecule has 0 spiro atoms. The van der Waals surface area contributed by atoms with E-state index in [1.807, 2.05) is 13.0 Å². The molecule has 1 aliphatic rings. The Labute approximate surface area is 143 Å². The molecule has 1 aromatic carbocycles. The third-order valence-electron chi connectivity index (χ3n) is 4.18. The van der Waals surface area contributed by atoms with Gasteiger partial charge in [0, 0.05) is 32.8 Å². The number of aromatic nitrogens is 2. The second kappa shape index (κ2) is 8.15. The van der Waals surface area contributed by atoms with Crippen LogP contribution in [0.2, 0.25) is 0 Å². The second-order valence-electron chi connectivity index (χ2n) is 5.74. The lowest BCUT2D eigenvalue weighted by atomic mass is 10.3. The second-order valence-corrected chi connectivity index (χ2v) is 6.36. The van der Waals surface area contributed by atoms with E-state index in [9.17, 15) is 0 Å². The Balaban J connectivity index is 1.80. The number of benzene rings is 1.